The minimum atomic E-state index is -0.238. The van der Waals surface area contributed by atoms with Gasteiger partial charge in [0.15, 0.2) is 0 Å². The molecule has 0 radical (unpaired) electrons. The zero-order chi connectivity index (χ0) is 8.31. The molecule has 0 rings (SSSR count). The van der Waals surface area contributed by atoms with E-state index < -0.39 is 0 Å². The van der Waals surface area contributed by atoms with Gasteiger partial charge in [0.05, 0.1) is 0 Å². The zero-order valence-corrected chi connectivity index (χ0v) is 10.2. The van der Waals surface area contributed by atoms with Gasteiger partial charge in [0, 0.05) is 0 Å². The fourth-order valence-corrected chi connectivity index (χ4v) is 3.22. The van der Waals surface area contributed by atoms with E-state index in [1.807, 2.05) is 0 Å². The van der Waals surface area contributed by atoms with Gasteiger partial charge in [0.1, 0.15) is 8.37 Å². The molecule has 0 N–H and O–H groups in total. The van der Waals surface area contributed by atoms with Crippen molar-refractivity contribution in [2.75, 3.05) is 42.3 Å². The SMILES string of the molecule is CN(C)P(N(C)C)N(C)C.S. The molecule has 0 unspecified atom stereocenters. The maximum atomic E-state index is 2.23. The van der Waals surface area contributed by atoms with E-state index in [1.54, 1.807) is 0 Å². The quantitative estimate of drug-likeness (QED) is 0.625. The van der Waals surface area contributed by atoms with Crippen LogP contribution in [0.5, 0.6) is 0 Å². The Labute approximate surface area is 78.7 Å². The molecule has 0 aliphatic rings. The Morgan fingerprint density at radius 1 is 0.636 bits per heavy atom. The number of hydrogen-bond donors (Lipinski definition) is 0. The fraction of sp³-hybridized carbons (Fsp3) is 1.00. The number of rotatable bonds is 3. The lowest BCUT2D eigenvalue weighted by Gasteiger charge is -2.34. The minimum absolute atomic E-state index is 0. The van der Waals surface area contributed by atoms with Gasteiger partial charge in [-0.1, -0.05) is 0 Å². The van der Waals surface area contributed by atoms with Crippen molar-refractivity contribution in [3.05, 3.63) is 0 Å². The average Bonchev–Trinajstić information content (AvgIpc) is 1.59. The smallest absolute Gasteiger partial charge is 0.118 e. The van der Waals surface area contributed by atoms with Gasteiger partial charge in [0.2, 0.25) is 0 Å². The lowest BCUT2D eigenvalue weighted by Crippen LogP contribution is -2.25. The summed E-state index contributed by atoms with van der Waals surface area (Å²) in [5.74, 6) is 0. The van der Waals surface area contributed by atoms with Crippen molar-refractivity contribution in [2.45, 2.75) is 0 Å². The van der Waals surface area contributed by atoms with Crippen LogP contribution in [0, 0.1) is 0 Å². The summed E-state index contributed by atoms with van der Waals surface area (Å²) in [5, 5.41) is 0. The first-order valence-electron chi connectivity index (χ1n) is 3.28. The predicted molar refractivity (Wildman–Crippen MR) is 58.4 cm³/mol. The van der Waals surface area contributed by atoms with Crippen LogP contribution in [0.1, 0.15) is 0 Å². The van der Waals surface area contributed by atoms with E-state index in [-0.39, 0.29) is 21.9 Å². The van der Waals surface area contributed by atoms with Crippen molar-refractivity contribution in [3.63, 3.8) is 0 Å². The zero-order valence-electron chi connectivity index (χ0n) is 8.29. The van der Waals surface area contributed by atoms with Crippen LogP contribution in [0.2, 0.25) is 0 Å². The predicted octanol–water partition coefficient (Wildman–Crippen LogP) is 1.01. The highest BCUT2D eigenvalue weighted by molar-refractivity contribution is 7.59. The van der Waals surface area contributed by atoms with E-state index in [9.17, 15) is 0 Å². The molecule has 0 spiro atoms. The maximum absolute atomic E-state index is 2.23. The molecular formula is C6H20N3PS. The van der Waals surface area contributed by atoms with Gasteiger partial charge in [-0.05, 0) is 42.3 Å². The first kappa shape index (κ1) is 14.2. The summed E-state index contributed by atoms with van der Waals surface area (Å²) >= 11 is 0. The van der Waals surface area contributed by atoms with Crippen molar-refractivity contribution in [3.8, 4) is 0 Å². The largest absolute Gasteiger partial charge is 0.264 e. The normalized spacial score (nSPS) is 11.5. The van der Waals surface area contributed by atoms with Crippen molar-refractivity contribution >= 4 is 21.9 Å². The Hall–Kier alpha value is 0.660. The maximum Gasteiger partial charge on any atom is 0.118 e. The van der Waals surface area contributed by atoms with Crippen molar-refractivity contribution in [2.24, 2.45) is 0 Å². The van der Waals surface area contributed by atoms with Crippen LogP contribution in [0.4, 0.5) is 0 Å². The van der Waals surface area contributed by atoms with Crippen LogP contribution >= 0.6 is 21.9 Å². The Kier molecular flexibility index (Phi) is 8.01. The van der Waals surface area contributed by atoms with Crippen LogP contribution < -0.4 is 0 Å². The second kappa shape index (κ2) is 6.21. The monoisotopic (exact) mass is 197 g/mol. The van der Waals surface area contributed by atoms with Crippen molar-refractivity contribution in [1.82, 2.24) is 14.0 Å². The Balaban J connectivity index is 0. The highest BCUT2D eigenvalue weighted by Gasteiger charge is 2.15. The number of hydrogen-bond acceptors (Lipinski definition) is 3. The van der Waals surface area contributed by atoms with Gasteiger partial charge >= 0.3 is 0 Å². The molecule has 0 heterocycles. The Morgan fingerprint density at radius 3 is 0.818 bits per heavy atom. The molecule has 0 amide bonds. The lowest BCUT2D eigenvalue weighted by atomic mass is 11.2. The third kappa shape index (κ3) is 4.99. The summed E-state index contributed by atoms with van der Waals surface area (Å²) < 4.78 is 6.69. The third-order valence-corrected chi connectivity index (χ3v) is 3.22. The summed E-state index contributed by atoms with van der Waals surface area (Å²) in [5.41, 5.74) is 0. The van der Waals surface area contributed by atoms with Crippen molar-refractivity contribution in [1.29, 1.82) is 0 Å². The summed E-state index contributed by atoms with van der Waals surface area (Å²) in [7, 11) is 12.4. The Morgan fingerprint density at radius 2 is 0.818 bits per heavy atom. The molecule has 70 valence electrons. The second-order valence-electron chi connectivity index (χ2n) is 2.81. The van der Waals surface area contributed by atoms with E-state index in [1.165, 1.54) is 0 Å². The van der Waals surface area contributed by atoms with Gasteiger partial charge in [-0.3, -0.25) is 14.0 Å². The minimum Gasteiger partial charge on any atom is -0.264 e. The van der Waals surface area contributed by atoms with Gasteiger partial charge in [-0.15, -0.1) is 0 Å². The Bertz CT molecular complexity index is 78.8. The van der Waals surface area contributed by atoms with E-state index in [4.69, 9.17) is 0 Å². The van der Waals surface area contributed by atoms with Gasteiger partial charge in [-0.25, -0.2) is 0 Å². The van der Waals surface area contributed by atoms with E-state index in [2.05, 4.69) is 56.3 Å². The lowest BCUT2D eigenvalue weighted by molar-refractivity contribution is 0.490. The van der Waals surface area contributed by atoms with Crippen LogP contribution in [-0.2, 0) is 0 Å². The molecule has 0 aromatic carbocycles. The molecule has 0 atom stereocenters. The molecule has 0 aromatic rings. The second-order valence-corrected chi connectivity index (χ2v) is 5.75. The van der Waals surface area contributed by atoms with Crippen LogP contribution in [0.15, 0.2) is 0 Å². The summed E-state index contributed by atoms with van der Waals surface area (Å²) in [6.45, 7) is 0. The number of nitrogens with zero attached hydrogens (tertiary/aromatic N) is 3. The van der Waals surface area contributed by atoms with Crippen LogP contribution in [-0.4, -0.2) is 56.3 Å². The first-order chi connectivity index (χ1) is 4.46. The molecule has 11 heavy (non-hydrogen) atoms. The molecule has 0 aliphatic carbocycles. The molecule has 0 saturated carbocycles. The van der Waals surface area contributed by atoms with Crippen LogP contribution in [0.25, 0.3) is 0 Å². The molecular weight excluding hydrogens is 177 g/mol. The average molecular weight is 197 g/mol. The molecule has 3 nitrogen and oxygen atoms in total. The summed E-state index contributed by atoms with van der Waals surface area (Å²) in [6, 6.07) is 0. The first-order valence-corrected chi connectivity index (χ1v) is 4.48. The molecule has 0 bridgehead atoms. The van der Waals surface area contributed by atoms with Gasteiger partial charge < -0.3 is 0 Å². The molecule has 0 saturated heterocycles. The highest BCUT2D eigenvalue weighted by Crippen LogP contribution is 2.40. The van der Waals surface area contributed by atoms with E-state index >= 15 is 0 Å². The highest BCUT2D eigenvalue weighted by atomic mass is 32.1. The summed E-state index contributed by atoms with van der Waals surface area (Å²) in [6.07, 6.45) is 0. The van der Waals surface area contributed by atoms with Gasteiger partial charge in [-0.2, -0.15) is 13.5 Å². The molecule has 5 heteroatoms. The van der Waals surface area contributed by atoms with E-state index in [0.717, 1.165) is 0 Å². The van der Waals surface area contributed by atoms with Crippen molar-refractivity contribution < 1.29 is 0 Å². The third-order valence-electron chi connectivity index (χ3n) is 1.07. The summed E-state index contributed by atoms with van der Waals surface area (Å²) in [4.78, 5) is 0. The fourth-order valence-electron chi connectivity index (χ4n) is 1.07. The molecule has 0 aliphatic heterocycles. The van der Waals surface area contributed by atoms with Gasteiger partial charge in [0.25, 0.3) is 0 Å². The standard InChI is InChI=1S/C6H18N3P.H2S/c1-7(2)10(8(3)4)9(5)6;/h1-6H3;1H2. The molecule has 0 aromatic heterocycles. The molecule has 0 fully saturated rings. The topological polar surface area (TPSA) is 9.72 Å². The van der Waals surface area contributed by atoms with Crippen LogP contribution in [0.3, 0.4) is 0 Å². The van der Waals surface area contributed by atoms with E-state index in [0.29, 0.717) is 0 Å².